The molecule has 160 valence electrons. The van der Waals surface area contributed by atoms with Gasteiger partial charge in [-0.15, -0.1) is 0 Å². The molecule has 7 heteroatoms. The maximum absolute atomic E-state index is 12.9. The van der Waals surface area contributed by atoms with Crippen LogP contribution in [0.4, 0.5) is 0 Å². The first kappa shape index (κ1) is 21.6. The highest BCUT2D eigenvalue weighted by Crippen LogP contribution is 2.39. The molecule has 0 spiro atoms. The number of likely N-dealkylation sites (tertiary alicyclic amines) is 1. The van der Waals surface area contributed by atoms with E-state index in [9.17, 15) is 14.7 Å². The van der Waals surface area contributed by atoms with Crippen LogP contribution in [0.15, 0.2) is 52.7 Å². The van der Waals surface area contributed by atoms with Gasteiger partial charge in [-0.25, -0.2) is 0 Å². The second-order valence-electron chi connectivity index (χ2n) is 7.86. The van der Waals surface area contributed by atoms with E-state index < -0.39 is 17.7 Å². The SMILES string of the molecule is CC(C)Oc1cccc(/C(O)=C2/C(=O)C(=O)N(CCCN(C)C)C2c2ccco2)c1. The van der Waals surface area contributed by atoms with E-state index in [0.29, 0.717) is 30.0 Å². The third-order valence-corrected chi connectivity index (χ3v) is 4.84. The highest BCUT2D eigenvalue weighted by atomic mass is 16.5. The lowest BCUT2D eigenvalue weighted by Gasteiger charge is -2.24. The van der Waals surface area contributed by atoms with Crippen LogP contribution >= 0.6 is 0 Å². The molecule has 1 N–H and O–H groups in total. The summed E-state index contributed by atoms with van der Waals surface area (Å²) in [6, 6.07) is 9.50. The van der Waals surface area contributed by atoms with Crippen molar-refractivity contribution >= 4 is 17.4 Å². The fourth-order valence-electron chi connectivity index (χ4n) is 3.55. The fraction of sp³-hybridized carbons (Fsp3) is 0.391. The van der Waals surface area contributed by atoms with Crippen LogP contribution in [0.25, 0.3) is 5.76 Å². The first-order valence-electron chi connectivity index (χ1n) is 10.0. The monoisotopic (exact) mass is 412 g/mol. The van der Waals surface area contributed by atoms with Gasteiger partial charge in [0.2, 0.25) is 0 Å². The van der Waals surface area contributed by atoms with Crippen molar-refractivity contribution in [1.29, 1.82) is 0 Å². The van der Waals surface area contributed by atoms with Gasteiger partial charge in [0.05, 0.1) is 17.9 Å². The maximum atomic E-state index is 12.9. The van der Waals surface area contributed by atoms with Crippen molar-refractivity contribution in [3.8, 4) is 5.75 Å². The van der Waals surface area contributed by atoms with Gasteiger partial charge in [-0.2, -0.15) is 0 Å². The van der Waals surface area contributed by atoms with Crippen molar-refractivity contribution in [2.45, 2.75) is 32.4 Å². The number of ether oxygens (including phenoxy) is 1. The summed E-state index contributed by atoms with van der Waals surface area (Å²) in [7, 11) is 3.90. The van der Waals surface area contributed by atoms with Crippen molar-refractivity contribution in [3.63, 3.8) is 0 Å². The smallest absolute Gasteiger partial charge is 0.295 e. The number of rotatable bonds is 8. The lowest BCUT2D eigenvalue weighted by Crippen LogP contribution is -2.32. The van der Waals surface area contributed by atoms with E-state index in [1.807, 2.05) is 32.8 Å². The molecule has 2 aromatic rings. The van der Waals surface area contributed by atoms with Gasteiger partial charge < -0.3 is 24.1 Å². The van der Waals surface area contributed by atoms with Crippen molar-refractivity contribution < 1.29 is 23.8 Å². The van der Waals surface area contributed by atoms with Crippen LogP contribution in [-0.2, 0) is 9.59 Å². The van der Waals surface area contributed by atoms with E-state index in [1.54, 1.807) is 36.4 Å². The summed E-state index contributed by atoms with van der Waals surface area (Å²) < 4.78 is 11.2. The number of carbonyl (C=O) groups excluding carboxylic acids is 2. The number of hydrogen-bond donors (Lipinski definition) is 1. The zero-order chi connectivity index (χ0) is 21.8. The van der Waals surface area contributed by atoms with Crippen LogP contribution in [0.1, 0.15) is 37.6 Å². The number of aliphatic hydroxyl groups is 1. The number of furan rings is 1. The number of benzene rings is 1. The van der Waals surface area contributed by atoms with Crippen LogP contribution in [0.2, 0.25) is 0 Å². The number of Topliss-reactive ketones (excluding diaryl/α,β-unsaturated/α-hetero) is 1. The van der Waals surface area contributed by atoms with E-state index in [1.165, 1.54) is 11.2 Å². The number of aliphatic hydroxyl groups excluding tert-OH is 1. The Labute approximate surface area is 176 Å². The number of hydrogen-bond acceptors (Lipinski definition) is 6. The molecule has 0 aliphatic carbocycles. The summed E-state index contributed by atoms with van der Waals surface area (Å²) >= 11 is 0. The lowest BCUT2D eigenvalue weighted by molar-refractivity contribution is -0.140. The van der Waals surface area contributed by atoms with Crippen molar-refractivity contribution in [2.24, 2.45) is 0 Å². The molecule has 0 bridgehead atoms. The number of ketones is 1. The molecule has 2 heterocycles. The Morgan fingerprint density at radius 1 is 1.23 bits per heavy atom. The molecule has 1 atom stereocenters. The van der Waals surface area contributed by atoms with E-state index in [2.05, 4.69) is 0 Å². The van der Waals surface area contributed by atoms with Gasteiger partial charge in [-0.1, -0.05) is 12.1 Å². The third-order valence-electron chi connectivity index (χ3n) is 4.84. The normalized spacial score (nSPS) is 18.6. The minimum absolute atomic E-state index is 0.0292. The van der Waals surface area contributed by atoms with Crippen LogP contribution in [-0.4, -0.2) is 59.9 Å². The van der Waals surface area contributed by atoms with Crippen molar-refractivity contribution in [2.75, 3.05) is 27.2 Å². The Hall–Kier alpha value is -3.06. The van der Waals surface area contributed by atoms with Gasteiger partial charge in [-0.3, -0.25) is 9.59 Å². The Morgan fingerprint density at radius 3 is 2.63 bits per heavy atom. The Bertz CT molecular complexity index is 931. The van der Waals surface area contributed by atoms with Crippen LogP contribution < -0.4 is 4.74 Å². The largest absolute Gasteiger partial charge is 0.507 e. The van der Waals surface area contributed by atoms with E-state index in [-0.39, 0.29) is 17.4 Å². The summed E-state index contributed by atoms with van der Waals surface area (Å²) in [5.74, 6) is -0.571. The molecular formula is C23H28N2O5. The van der Waals surface area contributed by atoms with Crippen molar-refractivity contribution in [1.82, 2.24) is 9.80 Å². The average molecular weight is 412 g/mol. The molecule has 1 aliphatic rings. The quantitative estimate of drug-likeness (QED) is 0.406. The standard InChI is InChI=1S/C23H28N2O5/c1-15(2)30-17-9-5-8-16(14-17)21(26)19-20(18-10-6-13-29-18)25(23(28)22(19)27)12-7-11-24(3)4/h5-6,8-10,13-15,20,26H,7,11-12H2,1-4H3/b21-19-. The van der Waals surface area contributed by atoms with Gasteiger partial charge in [0.1, 0.15) is 23.3 Å². The molecule has 30 heavy (non-hydrogen) atoms. The summed E-state index contributed by atoms with van der Waals surface area (Å²) in [6.45, 7) is 4.95. The van der Waals surface area contributed by atoms with Gasteiger partial charge in [0.15, 0.2) is 0 Å². The van der Waals surface area contributed by atoms with Gasteiger partial charge >= 0.3 is 0 Å². The lowest BCUT2D eigenvalue weighted by atomic mass is 9.99. The molecular weight excluding hydrogens is 384 g/mol. The molecule has 1 fully saturated rings. The van der Waals surface area contributed by atoms with E-state index in [4.69, 9.17) is 9.15 Å². The highest BCUT2D eigenvalue weighted by Gasteiger charge is 2.47. The third kappa shape index (κ3) is 4.57. The summed E-state index contributed by atoms with van der Waals surface area (Å²) in [5.41, 5.74) is 0.442. The van der Waals surface area contributed by atoms with Crippen LogP contribution in [0.5, 0.6) is 5.75 Å². The minimum Gasteiger partial charge on any atom is -0.507 e. The molecule has 1 aromatic carbocycles. The molecule has 1 aliphatic heterocycles. The van der Waals surface area contributed by atoms with Crippen LogP contribution in [0.3, 0.4) is 0 Å². The molecule has 1 aromatic heterocycles. The number of amides is 1. The van der Waals surface area contributed by atoms with Gasteiger partial charge in [-0.05, 0) is 65.2 Å². The molecule has 7 nitrogen and oxygen atoms in total. The molecule has 0 radical (unpaired) electrons. The Balaban J connectivity index is 2.02. The van der Waals surface area contributed by atoms with Crippen molar-refractivity contribution in [3.05, 3.63) is 59.6 Å². The predicted molar refractivity (Wildman–Crippen MR) is 113 cm³/mol. The molecule has 1 amide bonds. The first-order chi connectivity index (χ1) is 14.3. The highest BCUT2D eigenvalue weighted by molar-refractivity contribution is 6.46. The molecule has 1 saturated heterocycles. The molecule has 3 rings (SSSR count). The second-order valence-corrected chi connectivity index (χ2v) is 7.86. The molecule has 1 unspecified atom stereocenters. The second kappa shape index (κ2) is 9.17. The first-order valence-corrected chi connectivity index (χ1v) is 10.0. The van der Waals surface area contributed by atoms with E-state index >= 15 is 0 Å². The zero-order valence-electron chi connectivity index (χ0n) is 17.8. The van der Waals surface area contributed by atoms with E-state index in [0.717, 1.165) is 6.54 Å². The number of nitrogens with zero attached hydrogens (tertiary/aromatic N) is 2. The minimum atomic E-state index is -0.767. The topological polar surface area (TPSA) is 83.2 Å². The summed E-state index contributed by atoms with van der Waals surface area (Å²) in [5, 5.41) is 11.0. The number of carbonyl (C=O) groups is 2. The van der Waals surface area contributed by atoms with Gasteiger partial charge in [0, 0.05) is 12.1 Å². The predicted octanol–water partition coefficient (Wildman–Crippen LogP) is 3.44. The summed E-state index contributed by atoms with van der Waals surface area (Å²) in [4.78, 5) is 29.2. The maximum Gasteiger partial charge on any atom is 0.295 e. The zero-order valence-corrected chi connectivity index (χ0v) is 17.8. The van der Waals surface area contributed by atoms with Crippen LogP contribution in [0, 0.1) is 0 Å². The average Bonchev–Trinajstić information content (AvgIpc) is 3.29. The Kier molecular flexibility index (Phi) is 6.62. The molecule has 0 saturated carbocycles. The Morgan fingerprint density at radius 2 is 2.00 bits per heavy atom. The summed E-state index contributed by atoms with van der Waals surface area (Å²) in [6.07, 6.45) is 2.15. The fourth-order valence-corrected chi connectivity index (χ4v) is 3.55. The van der Waals surface area contributed by atoms with Gasteiger partial charge in [0.25, 0.3) is 11.7 Å².